The molecule has 0 N–H and O–H groups in total. The average molecular weight is 643 g/mol. The quantitative estimate of drug-likeness (QED) is 0.181. The highest BCUT2D eigenvalue weighted by atomic mass is 16.3. The highest BCUT2D eigenvalue weighted by molar-refractivity contribution is 6.22. The van der Waals surface area contributed by atoms with Crippen LogP contribution in [0.2, 0.25) is 0 Å². The molecule has 10 rings (SSSR count). The van der Waals surface area contributed by atoms with E-state index in [-0.39, 0.29) is 0 Å². The van der Waals surface area contributed by atoms with E-state index in [1.165, 1.54) is 0 Å². The maximum atomic E-state index is 6.82. The number of hydrogen-bond acceptors (Lipinski definition) is 4. The van der Waals surface area contributed by atoms with Crippen molar-refractivity contribution in [2.75, 3.05) is 9.80 Å². The molecule has 0 aliphatic rings. The molecule has 0 saturated carbocycles. The predicted molar refractivity (Wildman–Crippen MR) is 208 cm³/mol. The molecule has 2 aromatic heterocycles. The van der Waals surface area contributed by atoms with Crippen LogP contribution in [0, 0.1) is 0 Å². The molecule has 0 fully saturated rings. The lowest BCUT2D eigenvalue weighted by atomic mass is 10.0. The first-order valence-electron chi connectivity index (χ1n) is 16.9. The van der Waals surface area contributed by atoms with Crippen molar-refractivity contribution in [1.29, 1.82) is 0 Å². The molecule has 2 heterocycles. The molecular weight excluding hydrogens is 613 g/mol. The van der Waals surface area contributed by atoms with Crippen molar-refractivity contribution in [1.82, 2.24) is 0 Å². The Morgan fingerprint density at radius 3 is 1.64 bits per heavy atom. The Morgan fingerprint density at radius 1 is 0.340 bits per heavy atom. The Labute approximate surface area is 288 Å². The van der Waals surface area contributed by atoms with E-state index in [4.69, 9.17) is 8.83 Å². The third-order valence-corrected chi connectivity index (χ3v) is 9.61. The fraction of sp³-hybridized carbons (Fsp3) is 0. The zero-order chi connectivity index (χ0) is 33.0. The second-order valence-electron chi connectivity index (χ2n) is 12.5. The minimum absolute atomic E-state index is 0.821. The second kappa shape index (κ2) is 11.4. The van der Waals surface area contributed by atoms with E-state index >= 15 is 0 Å². The largest absolute Gasteiger partial charge is 0.456 e. The molecule has 0 amide bonds. The summed E-state index contributed by atoms with van der Waals surface area (Å²) in [7, 11) is 0. The van der Waals surface area contributed by atoms with Gasteiger partial charge < -0.3 is 18.6 Å². The first-order chi connectivity index (χ1) is 24.8. The van der Waals surface area contributed by atoms with E-state index in [0.29, 0.717) is 0 Å². The van der Waals surface area contributed by atoms with Gasteiger partial charge in [0.1, 0.15) is 22.3 Å². The molecule has 0 aliphatic carbocycles. The standard InChI is InChI=1S/C46H30N2O2/c1-4-15-32(16-5-1)47(33-17-6-2-7-18-33)40-28-29-42-44(39-26-24-31-14-10-11-21-36(31)46(39)50-42)45(40)48(34-19-8-3-9-20-34)35-25-27-38-37-22-12-13-23-41(37)49-43(38)30-35/h1-30H. The Hall–Kier alpha value is -6.78. The lowest BCUT2D eigenvalue weighted by Gasteiger charge is -2.33. The summed E-state index contributed by atoms with van der Waals surface area (Å²) in [5.74, 6) is 0. The van der Waals surface area contributed by atoms with Crippen molar-refractivity contribution < 1.29 is 8.83 Å². The Balaban J connectivity index is 1.35. The van der Waals surface area contributed by atoms with Crippen LogP contribution >= 0.6 is 0 Å². The van der Waals surface area contributed by atoms with Gasteiger partial charge in [0.15, 0.2) is 0 Å². The van der Waals surface area contributed by atoms with Crippen LogP contribution in [0.15, 0.2) is 191 Å². The lowest BCUT2D eigenvalue weighted by molar-refractivity contribution is 0.669. The zero-order valence-corrected chi connectivity index (χ0v) is 27.0. The average Bonchev–Trinajstić information content (AvgIpc) is 3.75. The third kappa shape index (κ3) is 4.46. The molecule has 0 spiro atoms. The van der Waals surface area contributed by atoms with Crippen LogP contribution in [0.1, 0.15) is 0 Å². The van der Waals surface area contributed by atoms with Crippen molar-refractivity contribution in [3.63, 3.8) is 0 Å². The summed E-state index contributed by atoms with van der Waals surface area (Å²) in [4.78, 5) is 4.69. The summed E-state index contributed by atoms with van der Waals surface area (Å²) >= 11 is 0. The topological polar surface area (TPSA) is 32.8 Å². The van der Waals surface area contributed by atoms with Crippen molar-refractivity contribution in [3.05, 3.63) is 182 Å². The van der Waals surface area contributed by atoms with Crippen molar-refractivity contribution in [2.45, 2.75) is 0 Å². The van der Waals surface area contributed by atoms with Crippen LogP contribution in [0.5, 0.6) is 0 Å². The minimum Gasteiger partial charge on any atom is -0.456 e. The van der Waals surface area contributed by atoms with E-state index in [0.717, 1.165) is 88.8 Å². The van der Waals surface area contributed by atoms with Gasteiger partial charge in [0.25, 0.3) is 0 Å². The second-order valence-corrected chi connectivity index (χ2v) is 12.5. The van der Waals surface area contributed by atoms with E-state index in [2.05, 4.69) is 180 Å². The number of fused-ring (bicyclic) bond motifs is 8. The first-order valence-corrected chi connectivity index (χ1v) is 16.9. The highest BCUT2D eigenvalue weighted by Crippen LogP contribution is 2.52. The molecule has 10 aromatic rings. The zero-order valence-electron chi connectivity index (χ0n) is 27.0. The van der Waals surface area contributed by atoms with Gasteiger partial charge >= 0.3 is 0 Å². The van der Waals surface area contributed by atoms with Crippen LogP contribution in [0.25, 0.3) is 54.6 Å². The van der Waals surface area contributed by atoms with Crippen LogP contribution in [0.3, 0.4) is 0 Å². The molecule has 0 atom stereocenters. The summed E-state index contributed by atoms with van der Waals surface area (Å²) in [6.07, 6.45) is 0. The molecule has 4 heteroatoms. The predicted octanol–water partition coefficient (Wildman–Crippen LogP) is 13.6. The normalized spacial score (nSPS) is 11.6. The SMILES string of the molecule is c1ccc(N(c2ccccc2)c2ccc3oc4c5ccccc5ccc4c3c2N(c2ccccc2)c2ccc3c(c2)oc2ccccc23)cc1. The molecule has 0 unspecified atom stereocenters. The number of benzene rings is 8. The van der Waals surface area contributed by atoms with Crippen LogP contribution in [0.4, 0.5) is 34.1 Å². The van der Waals surface area contributed by atoms with Gasteiger partial charge in [0.2, 0.25) is 0 Å². The van der Waals surface area contributed by atoms with E-state index in [1.807, 2.05) is 12.1 Å². The first kappa shape index (κ1) is 28.3. The molecule has 0 radical (unpaired) electrons. The van der Waals surface area contributed by atoms with Gasteiger partial charge in [-0.25, -0.2) is 0 Å². The van der Waals surface area contributed by atoms with Crippen LogP contribution in [-0.4, -0.2) is 0 Å². The summed E-state index contributed by atoms with van der Waals surface area (Å²) in [6.45, 7) is 0. The molecule has 0 bridgehead atoms. The van der Waals surface area contributed by atoms with Gasteiger partial charge in [-0.2, -0.15) is 0 Å². The van der Waals surface area contributed by atoms with Crippen molar-refractivity contribution >= 4 is 88.8 Å². The van der Waals surface area contributed by atoms with Gasteiger partial charge in [-0.1, -0.05) is 103 Å². The molecular formula is C46H30N2O2. The smallest absolute Gasteiger partial charge is 0.143 e. The molecule has 0 saturated heterocycles. The summed E-state index contributed by atoms with van der Waals surface area (Å²) in [5.41, 5.74) is 9.54. The number of furan rings is 2. The highest BCUT2D eigenvalue weighted by Gasteiger charge is 2.28. The number of rotatable bonds is 6. The van der Waals surface area contributed by atoms with Crippen molar-refractivity contribution in [3.8, 4) is 0 Å². The maximum Gasteiger partial charge on any atom is 0.143 e. The van der Waals surface area contributed by atoms with Crippen molar-refractivity contribution in [2.24, 2.45) is 0 Å². The number of hydrogen-bond donors (Lipinski definition) is 0. The summed E-state index contributed by atoms with van der Waals surface area (Å²) < 4.78 is 13.3. The van der Waals surface area contributed by atoms with E-state index in [9.17, 15) is 0 Å². The Bertz CT molecular complexity index is 2780. The summed E-state index contributed by atoms with van der Waals surface area (Å²) in [6, 6.07) is 63.6. The molecule has 50 heavy (non-hydrogen) atoms. The Kier molecular flexibility index (Phi) is 6.46. The van der Waals surface area contributed by atoms with E-state index in [1.54, 1.807) is 0 Å². The third-order valence-electron chi connectivity index (χ3n) is 9.61. The van der Waals surface area contributed by atoms with Gasteiger partial charge in [0, 0.05) is 50.4 Å². The number of anilines is 6. The Morgan fingerprint density at radius 2 is 0.920 bits per heavy atom. The van der Waals surface area contributed by atoms with Gasteiger partial charge in [-0.05, 0) is 78.2 Å². The van der Waals surface area contributed by atoms with Crippen LogP contribution in [-0.2, 0) is 0 Å². The molecule has 236 valence electrons. The molecule has 8 aromatic carbocycles. The molecule has 4 nitrogen and oxygen atoms in total. The van der Waals surface area contributed by atoms with Gasteiger partial charge in [-0.15, -0.1) is 0 Å². The van der Waals surface area contributed by atoms with Gasteiger partial charge in [0.05, 0.1) is 16.8 Å². The monoisotopic (exact) mass is 642 g/mol. The fourth-order valence-corrected chi connectivity index (χ4v) is 7.39. The van der Waals surface area contributed by atoms with Crippen LogP contribution < -0.4 is 9.80 Å². The van der Waals surface area contributed by atoms with E-state index < -0.39 is 0 Å². The molecule has 0 aliphatic heterocycles. The lowest BCUT2D eigenvalue weighted by Crippen LogP contribution is -2.17. The summed E-state index contributed by atoms with van der Waals surface area (Å²) in [5, 5.41) is 6.52. The fourth-order valence-electron chi connectivity index (χ4n) is 7.39. The number of nitrogens with zero attached hydrogens (tertiary/aromatic N) is 2. The number of para-hydroxylation sites is 4. The maximum absolute atomic E-state index is 6.82. The van der Waals surface area contributed by atoms with Gasteiger partial charge in [-0.3, -0.25) is 0 Å². The minimum atomic E-state index is 0.821.